The summed E-state index contributed by atoms with van der Waals surface area (Å²) in [7, 11) is 0. The van der Waals surface area contributed by atoms with Gasteiger partial charge >= 0.3 is 0 Å². The summed E-state index contributed by atoms with van der Waals surface area (Å²) in [6.45, 7) is 0. The Morgan fingerprint density at radius 1 is 0.720 bits per heavy atom. The van der Waals surface area contributed by atoms with E-state index in [4.69, 9.17) is 10.7 Å². The average Bonchev–Trinajstić information content (AvgIpc) is 2.95. The van der Waals surface area contributed by atoms with E-state index in [2.05, 4.69) is 66.7 Å². The fourth-order valence-electron chi connectivity index (χ4n) is 3.51. The molecule has 0 saturated carbocycles. The molecule has 5 rings (SSSR count). The second-order valence-corrected chi connectivity index (χ2v) is 6.35. The van der Waals surface area contributed by atoms with E-state index >= 15 is 0 Å². The Labute approximate surface area is 146 Å². The van der Waals surface area contributed by atoms with Crippen LogP contribution < -0.4 is 5.73 Å². The third kappa shape index (κ3) is 2.23. The molecule has 0 atom stereocenters. The van der Waals surface area contributed by atoms with Gasteiger partial charge in [0, 0.05) is 22.2 Å². The number of nitrogens with zero attached hydrogens (tertiary/aromatic N) is 1. The summed E-state index contributed by atoms with van der Waals surface area (Å²) >= 11 is 0. The van der Waals surface area contributed by atoms with Crippen molar-refractivity contribution in [3.8, 4) is 11.3 Å². The van der Waals surface area contributed by atoms with Gasteiger partial charge in [0.2, 0.25) is 0 Å². The van der Waals surface area contributed by atoms with E-state index in [-0.39, 0.29) is 0 Å². The number of rotatable bonds is 1. The Balaban J connectivity index is 1.80. The number of hydrogen-bond donors (Lipinski definition) is 1. The maximum atomic E-state index is 5.82. The first-order chi connectivity index (χ1) is 12.3. The van der Waals surface area contributed by atoms with Crippen molar-refractivity contribution in [2.24, 2.45) is 0 Å². The summed E-state index contributed by atoms with van der Waals surface area (Å²) in [6, 6.07) is 27.0. The van der Waals surface area contributed by atoms with Gasteiger partial charge in [0.1, 0.15) is 0 Å². The molecule has 0 spiro atoms. The highest BCUT2D eigenvalue weighted by atomic mass is 14.7. The molecule has 1 aromatic heterocycles. The summed E-state index contributed by atoms with van der Waals surface area (Å²) < 4.78 is 0. The van der Waals surface area contributed by atoms with Crippen molar-refractivity contribution >= 4 is 28.2 Å². The summed E-state index contributed by atoms with van der Waals surface area (Å²) in [4.78, 5) is 4.94. The average molecular weight is 320 g/mol. The Hall–Kier alpha value is -3.39. The number of aromatic nitrogens is 1. The summed E-state index contributed by atoms with van der Waals surface area (Å²) in [5.74, 6) is 0. The number of nitrogen functional groups attached to an aromatic ring is 1. The number of nitrogens with two attached hydrogens (primary N) is 1. The van der Waals surface area contributed by atoms with Crippen LogP contribution in [0.25, 0.3) is 33.8 Å². The number of fused-ring (bicyclic) bond motifs is 4. The van der Waals surface area contributed by atoms with Crippen molar-refractivity contribution in [1.29, 1.82) is 0 Å². The highest BCUT2D eigenvalue weighted by Gasteiger charge is 2.24. The van der Waals surface area contributed by atoms with Crippen LogP contribution in [0.5, 0.6) is 0 Å². The normalized spacial score (nSPS) is 13.8. The van der Waals surface area contributed by atoms with Crippen LogP contribution >= 0.6 is 0 Å². The molecule has 118 valence electrons. The molecule has 2 nitrogen and oxygen atoms in total. The smallest absolute Gasteiger partial charge is 0.0794 e. The van der Waals surface area contributed by atoms with Gasteiger partial charge in [0.05, 0.1) is 11.2 Å². The molecule has 1 aliphatic rings. The largest absolute Gasteiger partial charge is 0.399 e. The maximum Gasteiger partial charge on any atom is 0.0794 e. The van der Waals surface area contributed by atoms with Gasteiger partial charge < -0.3 is 5.73 Å². The van der Waals surface area contributed by atoms with E-state index in [1.807, 2.05) is 18.2 Å². The number of hydrogen-bond acceptors (Lipinski definition) is 2. The highest BCUT2D eigenvalue weighted by molar-refractivity contribution is 6.07. The van der Waals surface area contributed by atoms with Gasteiger partial charge in [0.15, 0.2) is 0 Å². The van der Waals surface area contributed by atoms with Crippen molar-refractivity contribution in [2.45, 2.75) is 0 Å². The minimum absolute atomic E-state index is 0.780. The summed E-state index contributed by atoms with van der Waals surface area (Å²) in [5, 5.41) is 1.16. The molecule has 0 bridgehead atoms. The van der Waals surface area contributed by atoms with Crippen LogP contribution in [0.2, 0.25) is 0 Å². The Morgan fingerprint density at radius 3 is 2.28 bits per heavy atom. The van der Waals surface area contributed by atoms with Crippen LogP contribution in [-0.2, 0) is 0 Å². The van der Waals surface area contributed by atoms with Crippen LogP contribution in [0.3, 0.4) is 0 Å². The minimum atomic E-state index is 0.780. The molecule has 1 aliphatic carbocycles. The molecule has 0 fully saturated rings. The highest BCUT2D eigenvalue weighted by Crippen LogP contribution is 2.44. The van der Waals surface area contributed by atoms with Crippen LogP contribution in [0, 0.1) is 0 Å². The van der Waals surface area contributed by atoms with E-state index < -0.39 is 0 Å². The number of pyridine rings is 1. The third-order valence-electron chi connectivity index (χ3n) is 4.73. The minimum Gasteiger partial charge on any atom is -0.399 e. The summed E-state index contributed by atoms with van der Waals surface area (Å²) in [5.41, 5.74) is 14.7. The van der Waals surface area contributed by atoms with E-state index in [0.717, 1.165) is 27.8 Å². The zero-order chi connectivity index (χ0) is 16.8. The molecular weight excluding hydrogens is 304 g/mol. The molecule has 2 heteroatoms. The summed E-state index contributed by atoms with van der Waals surface area (Å²) in [6.07, 6.45) is 2.22. The van der Waals surface area contributed by atoms with Gasteiger partial charge in [-0.3, -0.25) is 0 Å². The van der Waals surface area contributed by atoms with Crippen molar-refractivity contribution in [3.05, 3.63) is 95.6 Å². The predicted molar refractivity (Wildman–Crippen MR) is 105 cm³/mol. The Morgan fingerprint density at radius 2 is 1.44 bits per heavy atom. The molecule has 4 aromatic rings. The van der Waals surface area contributed by atoms with Gasteiger partial charge in [0.25, 0.3) is 0 Å². The molecule has 0 aliphatic heterocycles. The van der Waals surface area contributed by atoms with Crippen molar-refractivity contribution in [1.82, 2.24) is 4.98 Å². The van der Waals surface area contributed by atoms with E-state index in [1.54, 1.807) is 0 Å². The quantitative estimate of drug-likeness (QED) is 0.421. The lowest BCUT2D eigenvalue weighted by Crippen LogP contribution is -1.87. The lowest BCUT2D eigenvalue weighted by molar-refractivity contribution is 1.40. The molecule has 25 heavy (non-hydrogen) atoms. The lowest BCUT2D eigenvalue weighted by atomic mass is 10.0. The Bertz CT molecular complexity index is 1140. The van der Waals surface area contributed by atoms with Crippen LogP contribution in [0.1, 0.15) is 16.7 Å². The van der Waals surface area contributed by atoms with Crippen LogP contribution in [-0.4, -0.2) is 4.98 Å². The number of benzene rings is 3. The van der Waals surface area contributed by atoms with Crippen LogP contribution in [0.4, 0.5) is 5.69 Å². The van der Waals surface area contributed by atoms with Gasteiger partial charge in [-0.1, -0.05) is 54.6 Å². The first kappa shape index (κ1) is 14.0. The predicted octanol–water partition coefficient (Wildman–Crippen LogP) is 5.39. The van der Waals surface area contributed by atoms with Crippen molar-refractivity contribution in [3.63, 3.8) is 0 Å². The lowest BCUT2D eigenvalue weighted by Gasteiger charge is -2.05. The first-order valence-corrected chi connectivity index (χ1v) is 8.37. The SMILES string of the molecule is Nc1ccc(/C=C2/c3ccccc3-c3nc4ccccc4cc32)cc1. The monoisotopic (exact) mass is 320 g/mol. The van der Waals surface area contributed by atoms with E-state index in [0.29, 0.717) is 0 Å². The standard InChI is InChI=1S/C23H16N2/c24-17-11-9-15(10-12-17)13-20-18-6-2-3-7-19(18)23-21(20)14-16-5-1-4-8-22(16)25-23/h1-14H,24H2/b20-13-. The topological polar surface area (TPSA) is 38.9 Å². The maximum absolute atomic E-state index is 5.82. The Kier molecular flexibility index (Phi) is 2.98. The number of para-hydroxylation sites is 1. The van der Waals surface area contributed by atoms with Gasteiger partial charge in [-0.05, 0) is 47.0 Å². The molecule has 3 aromatic carbocycles. The number of anilines is 1. The molecule has 2 N–H and O–H groups in total. The zero-order valence-electron chi connectivity index (χ0n) is 13.6. The van der Waals surface area contributed by atoms with E-state index in [9.17, 15) is 0 Å². The molecule has 0 radical (unpaired) electrons. The fraction of sp³-hybridized carbons (Fsp3) is 0. The fourth-order valence-corrected chi connectivity index (χ4v) is 3.51. The molecule has 0 saturated heterocycles. The molecule has 0 amide bonds. The van der Waals surface area contributed by atoms with E-state index in [1.165, 1.54) is 22.3 Å². The molecule has 0 unspecified atom stereocenters. The van der Waals surface area contributed by atoms with Gasteiger partial charge in [-0.2, -0.15) is 0 Å². The van der Waals surface area contributed by atoms with Crippen molar-refractivity contribution < 1.29 is 0 Å². The molecular formula is C23H16N2. The van der Waals surface area contributed by atoms with Crippen molar-refractivity contribution in [2.75, 3.05) is 5.73 Å². The van der Waals surface area contributed by atoms with Crippen LogP contribution in [0.15, 0.2) is 78.9 Å². The third-order valence-corrected chi connectivity index (χ3v) is 4.73. The molecule has 1 heterocycles. The zero-order valence-corrected chi connectivity index (χ0v) is 13.6. The second-order valence-electron chi connectivity index (χ2n) is 6.35. The first-order valence-electron chi connectivity index (χ1n) is 8.37. The van der Waals surface area contributed by atoms with Gasteiger partial charge in [-0.15, -0.1) is 0 Å². The second kappa shape index (κ2) is 5.32. The van der Waals surface area contributed by atoms with Gasteiger partial charge in [-0.25, -0.2) is 4.98 Å².